The summed E-state index contributed by atoms with van der Waals surface area (Å²) in [5.41, 5.74) is -1.35. The van der Waals surface area contributed by atoms with Crippen LogP contribution in [-0.2, 0) is 14.3 Å². The number of carbonyl (C=O) groups excluding carboxylic acids is 1. The van der Waals surface area contributed by atoms with Crippen molar-refractivity contribution in [1.82, 2.24) is 5.32 Å². The van der Waals surface area contributed by atoms with Gasteiger partial charge in [-0.3, -0.25) is 4.79 Å². The summed E-state index contributed by atoms with van der Waals surface area (Å²) in [7, 11) is 1.43. The summed E-state index contributed by atoms with van der Waals surface area (Å²) in [5.74, 6) is -0.720. The minimum Gasteiger partial charge on any atom is -0.479 e. The number of carboxylic acid groups (broad SMARTS) is 1. The van der Waals surface area contributed by atoms with Crippen LogP contribution in [-0.4, -0.2) is 36.2 Å². The molecule has 0 aliphatic heterocycles. The van der Waals surface area contributed by atoms with Crippen molar-refractivity contribution in [3.05, 3.63) is 0 Å². The van der Waals surface area contributed by atoms with Crippen LogP contribution in [0.15, 0.2) is 0 Å². The van der Waals surface area contributed by atoms with E-state index in [1.807, 2.05) is 6.92 Å². The maximum absolute atomic E-state index is 12.3. The second-order valence-corrected chi connectivity index (χ2v) is 6.05. The number of carbonyl (C=O) groups is 2. The van der Waals surface area contributed by atoms with Gasteiger partial charge < -0.3 is 15.2 Å². The summed E-state index contributed by atoms with van der Waals surface area (Å²) >= 11 is 0. The Morgan fingerprint density at radius 3 is 2.45 bits per heavy atom. The summed E-state index contributed by atoms with van der Waals surface area (Å²) < 4.78 is 4.92. The molecule has 5 nitrogen and oxygen atoms in total. The molecule has 0 saturated heterocycles. The topological polar surface area (TPSA) is 75.6 Å². The number of hydrogen-bond acceptors (Lipinski definition) is 3. The first-order valence-electron chi connectivity index (χ1n) is 7.47. The maximum atomic E-state index is 12.3. The van der Waals surface area contributed by atoms with Crippen LogP contribution in [0, 0.1) is 11.8 Å². The molecule has 1 rings (SSSR count). The average molecular weight is 285 g/mol. The van der Waals surface area contributed by atoms with Crippen LogP contribution in [0.5, 0.6) is 0 Å². The number of nitrogens with one attached hydrogen (secondary N) is 1. The molecule has 0 bridgehead atoms. The number of amides is 1. The Kier molecular flexibility index (Phi) is 6.46. The molecule has 0 aromatic carbocycles. The minimum absolute atomic E-state index is 0.0338. The summed E-state index contributed by atoms with van der Waals surface area (Å²) in [6, 6.07) is 0. The number of ether oxygens (including phenoxy) is 1. The summed E-state index contributed by atoms with van der Waals surface area (Å²) in [4.78, 5) is 23.6. The smallest absolute Gasteiger partial charge is 0.331 e. The molecule has 20 heavy (non-hydrogen) atoms. The van der Waals surface area contributed by atoms with Crippen molar-refractivity contribution in [2.75, 3.05) is 13.7 Å². The predicted molar refractivity (Wildman–Crippen MR) is 76.4 cm³/mol. The second-order valence-electron chi connectivity index (χ2n) is 6.05. The molecular weight excluding hydrogens is 258 g/mol. The third-order valence-corrected chi connectivity index (χ3v) is 4.26. The van der Waals surface area contributed by atoms with E-state index >= 15 is 0 Å². The number of methoxy groups -OCH3 is 1. The predicted octanol–water partition coefficient (Wildman–Crippen LogP) is 2.20. The SMILES string of the molecule is CCC(CC1CCCC1)C(=O)NC(C)(COC)C(=O)O. The van der Waals surface area contributed by atoms with Crippen LogP contribution in [0.4, 0.5) is 0 Å². The Bertz CT molecular complexity index is 339. The van der Waals surface area contributed by atoms with E-state index in [4.69, 9.17) is 4.74 Å². The molecule has 2 unspecified atom stereocenters. The lowest BCUT2D eigenvalue weighted by molar-refractivity contribution is -0.150. The third kappa shape index (κ3) is 4.47. The number of carboxylic acids is 1. The van der Waals surface area contributed by atoms with Crippen molar-refractivity contribution in [3.63, 3.8) is 0 Å². The monoisotopic (exact) mass is 285 g/mol. The fraction of sp³-hybridized carbons (Fsp3) is 0.867. The standard InChI is InChI=1S/C15H27NO4/c1-4-12(9-11-7-5-6-8-11)13(17)16-15(2,10-20-3)14(18)19/h11-12H,4-10H2,1-3H3,(H,16,17)(H,18,19). The highest BCUT2D eigenvalue weighted by Gasteiger charge is 2.37. The average Bonchev–Trinajstić information content (AvgIpc) is 2.88. The first kappa shape index (κ1) is 17.0. The van der Waals surface area contributed by atoms with Gasteiger partial charge in [0, 0.05) is 13.0 Å². The minimum atomic E-state index is -1.35. The molecule has 1 fully saturated rings. The van der Waals surface area contributed by atoms with Crippen LogP contribution >= 0.6 is 0 Å². The molecule has 0 radical (unpaired) electrons. The first-order valence-corrected chi connectivity index (χ1v) is 7.47. The second kappa shape index (κ2) is 7.62. The lowest BCUT2D eigenvalue weighted by Crippen LogP contribution is -2.56. The molecule has 0 spiro atoms. The number of rotatable bonds is 8. The maximum Gasteiger partial charge on any atom is 0.331 e. The summed E-state index contributed by atoms with van der Waals surface area (Å²) in [6.07, 6.45) is 6.49. The lowest BCUT2D eigenvalue weighted by Gasteiger charge is -2.28. The van der Waals surface area contributed by atoms with E-state index in [1.54, 1.807) is 0 Å². The highest BCUT2D eigenvalue weighted by molar-refractivity contribution is 5.87. The van der Waals surface area contributed by atoms with E-state index in [-0.39, 0.29) is 18.4 Å². The molecule has 0 aromatic heterocycles. The van der Waals surface area contributed by atoms with Gasteiger partial charge in [0.05, 0.1) is 6.61 Å². The molecule has 116 valence electrons. The normalized spacial score (nSPS) is 20.4. The third-order valence-electron chi connectivity index (χ3n) is 4.26. The molecule has 2 atom stereocenters. The molecule has 1 aliphatic rings. The van der Waals surface area contributed by atoms with Gasteiger partial charge in [-0.05, 0) is 25.7 Å². The van der Waals surface area contributed by atoms with Gasteiger partial charge in [0.2, 0.25) is 5.91 Å². The van der Waals surface area contributed by atoms with Crippen molar-refractivity contribution in [1.29, 1.82) is 0 Å². The summed E-state index contributed by atoms with van der Waals surface area (Å²) in [6.45, 7) is 3.43. The fourth-order valence-electron chi connectivity index (χ4n) is 2.92. The van der Waals surface area contributed by atoms with Crippen molar-refractivity contribution in [2.45, 2.75) is 57.9 Å². The molecular formula is C15H27NO4. The Balaban J connectivity index is 2.62. The van der Waals surface area contributed by atoms with E-state index in [0.717, 1.165) is 12.8 Å². The molecule has 0 heterocycles. The van der Waals surface area contributed by atoms with Gasteiger partial charge in [0.25, 0.3) is 0 Å². The van der Waals surface area contributed by atoms with Gasteiger partial charge in [-0.2, -0.15) is 0 Å². The largest absolute Gasteiger partial charge is 0.479 e. The zero-order valence-electron chi connectivity index (χ0n) is 12.8. The van der Waals surface area contributed by atoms with Crippen molar-refractivity contribution < 1.29 is 19.4 Å². The Hall–Kier alpha value is -1.10. The Morgan fingerprint density at radius 1 is 1.40 bits per heavy atom. The number of aliphatic carboxylic acids is 1. The van der Waals surface area contributed by atoms with Crippen molar-refractivity contribution in [2.24, 2.45) is 11.8 Å². The molecule has 1 amide bonds. The van der Waals surface area contributed by atoms with Gasteiger partial charge >= 0.3 is 5.97 Å². The van der Waals surface area contributed by atoms with Crippen molar-refractivity contribution >= 4 is 11.9 Å². The summed E-state index contributed by atoms with van der Waals surface area (Å²) in [5, 5.41) is 11.9. The van der Waals surface area contributed by atoms with E-state index in [0.29, 0.717) is 5.92 Å². The van der Waals surface area contributed by atoms with E-state index in [1.165, 1.54) is 39.7 Å². The van der Waals surface area contributed by atoms with Crippen LogP contribution in [0.3, 0.4) is 0 Å². The zero-order chi connectivity index (χ0) is 15.2. The van der Waals surface area contributed by atoms with E-state index in [9.17, 15) is 14.7 Å². The van der Waals surface area contributed by atoms with Gasteiger partial charge in [-0.1, -0.05) is 32.6 Å². The van der Waals surface area contributed by atoms with E-state index < -0.39 is 11.5 Å². The van der Waals surface area contributed by atoms with E-state index in [2.05, 4.69) is 5.32 Å². The van der Waals surface area contributed by atoms with Crippen LogP contribution in [0.25, 0.3) is 0 Å². The molecule has 1 saturated carbocycles. The fourth-order valence-corrected chi connectivity index (χ4v) is 2.92. The molecule has 0 aromatic rings. The number of hydrogen-bond donors (Lipinski definition) is 2. The van der Waals surface area contributed by atoms with Crippen molar-refractivity contribution in [3.8, 4) is 0 Å². The molecule has 5 heteroatoms. The molecule has 1 aliphatic carbocycles. The van der Waals surface area contributed by atoms with Crippen LogP contribution in [0.1, 0.15) is 52.4 Å². The molecule has 2 N–H and O–H groups in total. The van der Waals surface area contributed by atoms with Gasteiger partial charge in [0.1, 0.15) is 0 Å². The van der Waals surface area contributed by atoms with Gasteiger partial charge in [-0.15, -0.1) is 0 Å². The Labute approximate surface area is 121 Å². The highest BCUT2D eigenvalue weighted by Crippen LogP contribution is 2.31. The van der Waals surface area contributed by atoms with Gasteiger partial charge in [0.15, 0.2) is 5.54 Å². The highest BCUT2D eigenvalue weighted by atomic mass is 16.5. The van der Waals surface area contributed by atoms with Gasteiger partial charge in [-0.25, -0.2) is 4.79 Å². The quantitative estimate of drug-likeness (QED) is 0.717. The lowest BCUT2D eigenvalue weighted by atomic mass is 9.90. The zero-order valence-corrected chi connectivity index (χ0v) is 12.8. The Morgan fingerprint density at radius 2 is 2.00 bits per heavy atom. The first-order chi connectivity index (χ1) is 9.42. The van der Waals surface area contributed by atoms with Crippen LogP contribution in [0.2, 0.25) is 0 Å². The van der Waals surface area contributed by atoms with Crippen LogP contribution < -0.4 is 5.32 Å².